The number of hydrogen-bond acceptors (Lipinski definition) is 2. The first-order valence-electron chi connectivity index (χ1n) is 5.37. The van der Waals surface area contributed by atoms with Crippen LogP contribution in [0.2, 0.25) is 0 Å². The van der Waals surface area contributed by atoms with E-state index in [0.29, 0.717) is 12.5 Å². The lowest BCUT2D eigenvalue weighted by atomic mass is 10.1. The van der Waals surface area contributed by atoms with Crippen molar-refractivity contribution in [3.8, 4) is 0 Å². The lowest BCUT2D eigenvalue weighted by Gasteiger charge is -2.25. The first-order valence-corrected chi connectivity index (χ1v) is 5.37. The second kappa shape index (κ2) is 4.34. The predicted octanol–water partition coefficient (Wildman–Crippen LogP) is 1.53. The number of amides is 1. The van der Waals surface area contributed by atoms with Crippen LogP contribution in [-0.4, -0.2) is 18.5 Å². The molecule has 1 aromatic carbocycles. The van der Waals surface area contributed by atoms with Gasteiger partial charge in [0.15, 0.2) is 0 Å². The van der Waals surface area contributed by atoms with Gasteiger partial charge in [-0.3, -0.25) is 4.79 Å². The van der Waals surface area contributed by atoms with Crippen molar-refractivity contribution in [3.05, 3.63) is 30.3 Å². The second-order valence-corrected chi connectivity index (χ2v) is 4.00. The van der Waals surface area contributed by atoms with Gasteiger partial charge in [-0.2, -0.15) is 0 Å². The summed E-state index contributed by atoms with van der Waals surface area (Å²) in [5.41, 5.74) is 6.44. The topological polar surface area (TPSA) is 46.3 Å². The van der Waals surface area contributed by atoms with Crippen LogP contribution >= 0.6 is 0 Å². The molecule has 2 rings (SSSR count). The highest BCUT2D eigenvalue weighted by Crippen LogP contribution is 2.26. The lowest BCUT2D eigenvalue weighted by Crippen LogP contribution is -2.33. The molecule has 0 bridgehead atoms. The van der Waals surface area contributed by atoms with Gasteiger partial charge < -0.3 is 10.6 Å². The molecule has 1 unspecified atom stereocenters. The number of hydrogen-bond donors (Lipinski definition) is 1. The smallest absolute Gasteiger partial charge is 0.219 e. The van der Waals surface area contributed by atoms with Crippen LogP contribution < -0.4 is 10.6 Å². The van der Waals surface area contributed by atoms with E-state index in [1.807, 2.05) is 18.2 Å². The van der Waals surface area contributed by atoms with Crippen LogP contribution in [0.25, 0.3) is 0 Å². The Kier molecular flexibility index (Phi) is 2.90. The van der Waals surface area contributed by atoms with E-state index in [4.69, 9.17) is 5.73 Å². The van der Waals surface area contributed by atoms with E-state index in [1.54, 1.807) is 0 Å². The first-order chi connectivity index (χ1) is 7.27. The molecule has 0 aliphatic carbocycles. The number of carbonyl (C=O) groups excluding carboxylic acids is 1. The van der Waals surface area contributed by atoms with Gasteiger partial charge in [0, 0.05) is 24.7 Å². The molecule has 3 nitrogen and oxygen atoms in total. The molecule has 0 saturated carbocycles. The number of benzene rings is 1. The highest BCUT2D eigenvalue weighted by atomic mass is 16.1. The number of anilines is 1. The normalized spacial score (nSPS) is 20.5. The van der Waals surface area contributed by atoms with Crippen LogP contribution in [0.5, 0.6) is 0 Å². The van der Waals surface area contributed by atoms with Crippen molar-refractivity contribution in [3.63, 3.8) is 0 Å². The van der Waals surface area contributed by atoms with Crippen LogP contribution in [0, 0.1) is 0 Å². The van der Waals surface area contributed by atoms with Gasteiger partial charge in [-0.15, -0.1) is 0 Å². The van der Waals surface area contributed by atoms with Crippen LogP contribution in [0.1, 0.15) is 19.3 Å². The molecule has 0 radical (unpaired) electrons. The molecule has 1 aliphatic heterocycles. The maximum Gasteiger partial charge on any atom is 0.219 e. The van der Waals surface area contributed by atoms with Crippen LogP contribution in [-0.2, 0) is 4.79 Å². The number of nitrogens with two attached hydrogens (primary N) is 1. The summed E-state index contributed by atoms with van der Waals surface area (Å²) in [5.74, 6) is -0.206. The number of nitrogens with zero attached hydrogens (tertiary/aromatic N) is 1. The average molecular weight is 204 g/mol. The standard InChI is InChI=1S/C12H16N2O/c13-12(15)9-11-7-4-8-14(11)10-5-2-1-3-6-10/h1-3,5-6,11H,4,7-9H2,(H2,13,15). The van der Waals surface area contributed by atoms with E-state index in [-0.39, 0.29) is 5.91 Å². The fraction of sp³-hybridized carbons (Fsp3) is 0.417. The summed E-state index contributed by atoms with van der Waals surface area (Å²) < 4.78 is 0. The molecule has 1 saturated heterocycles. The van der Waals surface area contributed by atoms with Gasteiger partial charge >= 0.3 is 0 Å². The van der Waals surface area contributed by atoms with Crippen molar-refractivity contribution < 1.29 is 4.79 Å². The van der Waals surface area contributed by atoms with Crippen molar-refractivity contribution in [2.75, 3.05) is 11.4 Å². The van der Waals surface area contributed by atoms with Gasteiger partial charge in [0.05, 0.1) is 0 Å². The quantitative estimate of drug-likeness (QED) is 0.811. The maximum absolute atomic E-state index is 10.9. The van der Waals surface area contributed by atoms with Crippen molar-refractivity contribution in [2.24, 2.45) is 5.73 Å². The minimum Gasteiger partial charge on any atom is -0.370 e. The van der Waals surface area contributed by atoms with E-state index >= 15 is 0 Å². The van der Waals surface area contributed by atoms with Gasteiger partial charge in [0.2, 0.25) is 5.91 Å². The summed E-state index contributed by atoms with van der Waals surface area (Å²) >= 11 is 0. The monoisotopic (exact) mass is 204 g/mol. The van der Waals surface area contributed by atoms with E-state index in [9.17, 15) is 4.79 Å². The molecular formula is C12H16N2O. The van der Waals surface area contributed by atoms with Crippen molar-refractivity contribution in [1.29, 1.82) is 0 Å². The summed E-state index contributed by atoms with van der Waals surface area (Å²) in [6, 6.07) is 10.5. The Morgan fingerprint density at radius 3 is 2.80 bits per heavy atom. The number of rotatable bonds is 3. The fourth-order valence-corrected chi connectivity index (χ4v) is 2.24. The molecule has 1 atom stereocenters. The summed E-state index contributed by atoms with van der Waals surface area (Å²) in [6.45, 7) is 1.03. The van der Waals surface area contributed by atoms with Crippen LogP contribution in [0.4, 0.5) is 5.69 Å². The molecule has 15 heavy (non-hydrogen) atoms. The molecule has 3 heteroatoms. The second-order valence-electron chi connectivity index (χ2n) is 4.00. The van der Waals surface area contributed by atoms with E-state index < -0.39 is 0 Å². The molecule has 80 valence electrons. The van der Waals surface area contributed by atoms with E-state index in [0.717, 1.165) is 19.4 Å². The Morgan fingerprint density at radius 1 is 1.40 bits per heavy atom. The summed E-state index contributed by atoms with van der Waals surface area (Å²) in [6.07, 6.45) is 2.68. The Balaban J connectivity index is 2.11. The molecule has 1 fully saturated rings. The fourth-order valence-electron chi connectivity index (χ4n) is 2.24. The zero-order valence-electron chi connectivity index (χ0n) is 8.73. The van der Waals surface area contributed by atoms with E-state index in [1.165, 1.54) is 5.69 Å². The van der Waals surface area contributed by atoms with Gasteiger partial charge in [-0.25, -0.2) is 0 Å². The Morgan fingerprint density at radius 2 is 2.13 bits per heavy atom. The molecule has 1 heterocycles. The molecule has 0 aromatic heterocycles. The molecule has 1 aromatic rings. The van der Waals surface area contributed by atoms with Gasteiger partial charge in [-0.05, 0) is 25.0 Å². The minimum absolute atomic E-state index is 0.206. The zero-order valence-corrected chi connectivity index (χ0v) is 8.73. The van der Waals surface area contributed by atoms with Crippen molar-refractivity contribution >= 4 is 11.6 Å². The predicted molar refractivity (Wildman–Crippen MR) is 60.6 cm³/mol. The molecule has 1 aliphatic rings. The number of carbonyl (C=O) groups is 1. The van der Waals surface area contributed by atoms with Crippen molar-refractivity contribution in [1.82, 2.24) is 0 Å². The SMILES string of the molecule is NC(=O)CC1CCCN1c1ccccc1. The Bertz CT molecular complexity index is 337. The third kappa shape index (κ3) is 2.29. The van der Waals surface area contributed by atoms with Crippen LogP contribution in [0.3, 0.4) is 0 Å². The summed E-state index contributed by atoms with van der Waals surface area (Å²) in [5, 5.41) is 0. The zero-order chi connectivity index (χ0) is 10.7. The van der Waals surface area contributed by atoms with Crippen molar-refractivity contribution in [2.45, 2.75) is 25.3 Å². The lowest BCUT2D eigenvalue weighted by molar-refractivity contribution is -0.118. The summed E-state index contributed by atoms with van der Waals surface area (Å²) in [7, 11) is 0. The van der Waals surface area contributed by atoms with Crippen LogP contribution in [0.15, 0.2) is 30.3 Å². The number of para-hydroxylation sites is 1. The highest BCUT2D eigenvalue weighted by Gasteiger charge is 2.25. The Hall–Kier alpha value is -1.51. The van der Waals surface area contributed by atoms with E-state index in [2.05, 4.69) is 17.0 Å². The summed E-state index contributed by atoms with van der Waals surface area (Å²) in [4.78, 5) is 13.2. The third-order valence-electron chi connectivity index (χ3n) is 2.90. The molecule has 1 amide bonds. The Labute approximate surface area is 89.9 Å². The third-order valence-corrected chi connectivity index (χ3v) is 2.90. The van der Waals surface area contributed by atoms with Gasteiger partial charge in [-0.1, -0.05) is 18.2 Å². The first kappa shape index (κ1) is 10.0. The molecular weight excluding hydrogens is 188 g/mol. The largest absolute Gasteiger partial charge is 0.370 e. The average Bonchev–Trinajstić information content (AvgIpc) is 2.66. The van der Waals surface area contributed by atoms with Gasteiger partial charge in [0.25, 0.3) is 0 Å². The molecule has 0 spiro atoms. The maximum atomic E-state index is 10.9. The minimum atomic E-state index is -0.206. The van der Waals surface area contributed by atoms with Gasteiger partial charge in [0.1, 0.15) is 0 Å². The number of primary amides is 1. The molecule has 2 N–H and O–H groups in total. The highest BCUT2D eigenvalue weighted by molar-refractivity contribution is 5.75.